The average molecular weight is 399 g/mol. The molecule has 1 aliphatic rings. The number of aromatic hydroxyl groups is 1. The van der Waals surface area contributed by atoms with Gasteiger partial charge in [-0.1, -0.05) is 41.5 Å². The first-order valence-corrected chi connectivity index (χ1v) is 10.2. The summed E-state index contributed by atoms with van der Waals surface area (Å²) in [6.07, 6.45) is 0.629. The topological polar surface area (TPSA) is 47.9 Å². The molecule has 0 aromatic heterocycles. The maximum atomic E-state index is 11.1. The van der Waals surface area contributed by atoms with Gasteiger partial charge in [0.05, 0.1) is 20.8 Å². The lowest BCUT2D eigenvalue weighted by molar-refractivity contribution is 0.0692. The Kier molecular flexibility index (Phi) is 5.61. The molecule has 1 atom stereocenters. The molecule has 0 fully saturated rings. The summed E-state index contributed by atoms with van der Waals surface area (Å²) in [7, 11) is 3.31. The van der Waals surface area contributed by atoms with E-state index in [0.717, 1.165) is 34.4 Å². The SMILES string of the molecule is COc1cc2c(cc1OC)[C@@H](c1cc(C(C)(C)C)c(O)c(C(C)(C)C)c1)OCC2. The summed E-state index contributed by atoms with van der Waals surface area (Å²) < 4.78 is 17.3. The zero-order valence-corrected chi connectivity index (χ0v) is 19.0. The number of rotatable bonds is 3. The Morgan fingerprint density at radius 3 is 1.86 bits per heavy atom. The minimum atomic E-state index is -0.207. The summed E-state index contributed by atoms with van der Waals surface area (Å²) in [5.74, 6) is 1.83. The van der Waals surface area contributed by atoms with E-state index in [0.29, 0.717) is 18.1 Å². The quantitative estimate of drug-likeness (QED) is 0.724. The van der Waals surface area contributed by atoms with Crippen LogP contribution in [0.5, 0.6) is 17.2 Å². The summed E-state index contributed by atoms with van der Waals surface area (Å²) in [6, 6.07) is 8.28. The number of ether oxygens (including phenoxy) is 3. The van der Waals surface area contributed by atoms with Crippen LogP contribution in [0.15, 0.2) is 24.3 Å². The number of phenolic OH excluding ortho intramolecular Hbond substituents is 1. The Labute approximate surface area is 174 Å². The molecule has 29 heavy (non-hydrogen) atoms. The normalized spacial score (nSPS) is 17.0. The van der Waals surface area contributed by atoms with Gasteiger partial charge in [-0.2, -0.15) is 0 Å². The molecule has 1 aliphatic heterocycles. The van der Waals surface area contributed by atoms with E-state index in [9.17, 15) is 5.11 Å². The molecule has 0 spiro atoms. The maximum absolute atomic E-state index is 11.1. The van der Waals surface area contributed by atoms with Gasteiger partial charge in [0.25, 0.3) is 0 Å². The molecule has 0 unspecified atom stereocenters. The Morgan fingerprint density at radius 1 is 0.862 bits per heavy atom. The van der Waals surface area contributed by atoms with Crippen molar-refractivity contribution in [3.63, 3.8) is 0 Å². The van der Waals surface area contributed by atoms with Crippen molar-refractivity contribution < 1.29 is 19.3 Å². The van der Waals surface area contributed by atoms with Crippen LogP contribution in [-0.4, -0.2) is 25.9 Å². The van der Waals surface area contributed by atoms with Gasteiger partial charge in [0.15, 0.2) is 11.5 Å². The standard InChI is InChI=1S/C25H34O4/c1-24(2,3)18-11-16(12-19(22(18)26)25(4,5)6)23-17-14-21(28-8)20(27-7)13-15(17)9-10-29-23/h11-14,23,26H,9-10H2,1-8H3/t23-/m1/s1. The highest BCUT2D eigenvalue weighted by Gasteiger charge is 2.31. The van der Waals surface area contributed by atoms with Gasteiger partial charge >= 0.3 is 0 Å². The van der Waals surface area contributed by atoms with Crippen molar-refractivity contribution in [3.05, 3.63) is 52.1 Å². The van der Waals surface area contributed by atoms with Crippen LogP contribution < -0.4 is 9.47 Å². The summed E-state index contributed by atoms with van der Waals surface area (Å²) in [6.45, 7) is 13.4. The molecule has 4 heteroatoms. The predicted octanol–water partition coefficient (Wildman–Crippen LogP) is 5.67. The second-order valence-electron chi connectivity index (χ2n) is 9.87. The van der Waals surface area contributed by atoms with E-state index in [1.807, 2.05) is 6.07 Å². The van der Waals surface area contributed by atoms with Crippen LogP contribution in [0.25, 0.3) is 0 Å². The number of methoxy groups -OCH3 is 2. The van der Waals surface area contributed by atoms with Crippen molar-refractivity contribution in [2.24, 2.45) is 0 Å². The average Bonchev–Trinajstić information content (AvgIpc) is 2.64. The number of hydrogen-bond acceptors (Lipinski definition) is 4. The number of hydrogen-bond donors (Lipinski definition) is 1. The van der Waals surface area contributed by atoms with Gasteiger partial charge in [-0.3, -0.25) is 0 Å². The zero-order valence-electron chi connectivity index (χ0n) is 19.0. The van der Waals surface area contributed by atoms with Crippen LogP contribution in [0, 0.1) is 0 Å². The fourth-order valence-corrected chi connectivity index (χ4v) is 4.00. The second-order valence-corrected chi connectivity index (χ2v) is 9.87. The molecule has 0 amide bonds. The van der Waals surface area contributed by atoms with Crippen LogP contribution >= 0.6 is 0 Å². The molecular formula is C25H34O4. The van der Waals surface area contributed by atoms with E-state index in [4.69, 9.17) is 14.2 Å². The smallest absolute Gasteiger partial charge is 0.161 e. The summed E-state index contributed by atoms with van der Waals surface area (Å²) >= 11 is 0. The highest BCUT2D eigenvalue weighted by molar-refractivity contribution is 5.55. The van der Waals surface area contributed by atoms with Crippen molar-refractivity contribution in [2.45, 2.75) is 64.9 Å². The molecule has 0 bridgehead atoms. The Balaban J connectivity index is 2.23. The van der Waals surface area contributed by atoms with E-state index in [-0.39, 0.29) is 16.9 Å². The maximum Gasteiger partial charge on any atom is 0.161 e. The summed E-state index contributed by atoms with van der Waals surface area (Å²) in [4.78, 5) is 0. The van der Waals surface area contributed by atoms with Gasteiger partial charge < -0.3 is 19.3 Å². The number of phenols is 1. The van der Waals surface area contributed by atoms with Crippen molar-refractivity contribution in [3.8, 4) is 17.2 Å². The molecule has 0 aliphatic carbocycles. The molecule has 2 aromatic rings. The fraction of sp³-hybridized carbons (Fsp3) is 0.520. The minimum Gasteiger partial charge on any atom is -0.507 e. The molecule has 3 rings (SSSR count). The third kappa shape index (κ3) is 4.09. The zero-order chi connectivity index (χ0) is 21.6. The molecular weight excluding hydrogens is 364 g/mol. The molecule has 1 N–H and O–H groups in total. The third-order valence-electron chi connectivity index (χ3n) is 5.63. The molecule has 0 saturated carbocycles. The molecule has 2 aromatic carbocycles. The first-order valence-electron chi connectivity index (χ1n) is 10.2. The van der Waals surface area contributed by atoms with E-state index in [2.05, 4.69) is 59.7 Å². The highest BCUT2D eigenvalue weighted by atomic mass is 16.5. The second kappa shape index (κ2) is 7.56. The highest BCUT2D eigenvalue weighted by Crippen LogP contribution is 2.45. The van der Waals surface area contributed by atoms with E-state index < -0.39 is 0 Å². The van der Waals surface area contributed by atoms with Gasteiger partial charge in [-0.25, -0.2) is 0 Å². The Bertz CT molecular complexity index is 865. The lowest BCUT2D eigenvalue weighted by atomic mass is 9.77. The number of fused-ring (bicyclic) bond motifs is 1. The minimum absolute atomic E-state index is 0.185. The van der Waals surface area contributed by atoms with Crippen molar-refractivity contribution in [2.75, 3.05) is 20.8 Å². The largest absolute Gasteiger partial charge is 0.507 e. The summed E-state index contributed by atoms with van der Waals surface area (Å²) in [5.41, 5.74) is 4.88. The first kappa shape index (κ1) is 21.5. The molecule has 158 valence electrons. The number of benzene rings is 2. The molecule has 0 radical (unpaired) electrons. The summed E-state index contributed by atoms with van der Waals surface area (Å²) in [5, 5.41) is 11.1. The van der Waals surface area contributed by atoms with Crippen LogP contribution in [0.4, 0.5) is 0 Å². The van der Waals surface area contributed by atoms with Crippen LogP contribution in [-0.2, 0) is 22.0 Å². The van der Waals surface area contributed by atoms with Gasteiger partial charge in [0, 0.05) is 0 Å². The molecule has 4 nitrogen and oxygen atoms in total. The van der Waals surface area contributed by atoms with E-state index >= 15 is 0 Å². The fourth-order valence-electron chi connectivity index (χ4n) is 4.00. The van der Waals surface area contributed by atoms with Gasteiger partial charge in [0.1, 0.15) is 11.9 Å². The van der Waals surface area contributed by atoms with Crippen LogP contribution in [0.3, 0.4) is 0 Å². The van der Waals surface area contributed by atoms with Crippen LogP contribution in [0.1, 0.15) is 75.5 Å². The predicted molar refractivity (Wildman–Crippen MR) is 117 cm³/mol. The lowest BCUT2D eigenvalue weighted by Crippen LogP contribution is -2.21. The molecule has 0 saturated heterocycles. The van der Waals surface area contributed by atoms with Crippen LogP contribution in [0.2, 0.25) is 0 Å². The van der Waals surface area contributed by atoms with Gasteiger partial charge in [0.2, 0.25) is 0 Å². The van der Waals surface area contributed by atoms with Gasteiger partial charge in [-0.15, -0.1) is 0 Å². The van der Waals surface area contributed by atoms with Crippen molar-refractivity contribution >= 4 is 0 Å². The lowest BCUT2D eigenvalue weighted by Gasteiger charge is -2.32. The Hall–Kier alpha value is -2.20. The van der Waals surface area contributed by atoms with Crippen molar-refractivity contribution in [1.29, 1.82) is 0 Å². The first-order chi connectivity index (χ1) is 13.5. The third-order valence-corrected chi connectivity index (χ3v) is 5.63. The monoisotopic (exact) mass is 398 g/mol. The van der Waals surface area contributed by atoms with Gasteiger partial charge in [-0.05, 0) is 69.3 Å². The van der Waals surface area contributed by atoms with E-state index in [1.165, 1.54) is 5.56 Å². The van der Waals surface area contributed by atoms with E-state index in [1.54, 1.807) is 14.2 Å². The Morgan fingerprint density at radius 2 is 1.38 bits per heavy atom. The molecule has 1 heterocycles. The van der Waals surface area contributed by atoms with Crippen molar-refractivity contribution in [1.82, 2.24) is 0 Å².